The lowest BCUT2D eigenvalue weighted by Gasteiger charge is -2.07. The number of para-hydroxylation sites is 1. The van der Waals surface area contributed by atoms with E-state index in [1.165, 1.54) is 6.08 Å². The highest BCUT2D eigenvalue weighted by molar-refractivity contribution is 6.07. The van der Waals surface area contributed by atoms with E-state index < -0.39 is 5.97 Å². The summed E-state index contributed by atoms with van der Waals surface area (Å²) in [5.74, 6) is -0.130. The van der Waals surface area contributed by atoms with Gasteiger partial charge in [0, 0.05) is 11.1 Å². The monoisotopic (exact) mass is 328 g/mol. The first-order valence-electron chi connectivity index (χ1n) is 7.88. The van der Waals surface area contributed by atoms with Crippen molar-refractivity contribution in [3.8, 4) is 5.75 Å². The van der Waals surface area contributed by atoms with Crippen molar-refractivity contribution in [3.05, 3.63) is 108 Å². The third kappa shape index (κ3) is 4.30. The molecule has 0 unspecified atom stereocenters. The maximum absolute atomic E-state index is 12.2. The highest BCUT2D eigenvalue weighted by atomic mass is 16.5. The lowest BCUT2D eigenvalue weighted by Crippen LogP contribution is -2.08. The molecule has 0 saturated carbocycles. The minimum atomic E-state index is -0.434. The summed E-state index contributed by atoms with van der Waals surface area (Å²) in [5, 5.41) is 0. The van der Waals surface area contributed by atoms with Crippen LogP contribution in [0.4, 0.5) is 0 Å². The molecule has 3 aromatic rings. The van der Waals surface area contributed by atoms with Gasteiger partial charge in [-0.25, -0.2) is 4.79 Å². The van der Waals surface area contributed by atoms with Gasteiger partial charge >= 0.3 is 5.97 Å². The predicted octanol–water partition coefficient (Wildman–Crippen LogP) is 4.80. The molecule has 0 saturated heterocycles. The van der Waals surface area contributed by atoms with E-state index in [2.05, 4.69) is 0 Å². The van der Waals surface area contributed by atoms with E-state index >= 15 is 0 Å². The van der Waals surface area contributed by atoms with E-state index in [9.17, 15) is 9.59 Å². The van der Waals surface area contributed by atoms with Crippen LogP contribution in [-0.4, -0.2) is 11.8 Å². The molecule has 0 atom stereocenters. The summed E-state index contributed by atoms with van der Waals surface area (Å²) in [6.45, 7) is 0. The zero-order chi connectivity index (χ0) is 17.5. The van der Waals surface area contributed by atoms with E-state index in [0.717, 1.165) is 0 Å². The van der Waals surface area contributed by atoms with Gasteiger partial charge in [-0.05, 0) is 30.4 Å². The lowest BCUT2D eigenvalue weighted by atomic mass is 10.1. The van der Waals surface area contributed by atoms with E-state index in [0.29, 0.717) is 22.4 Å². The summed E-state index contributed by atoms with van der Waals surface area (Å²) >= 11 is 0. The molecule has 0 amide bonds. The highest BCUT2D eigenvalue weighted by Gasteiger charge is 2.10. The Morgan fingerprint density at radius 2 is 1.24 bits per heavy atom. The van der Waals surface area contributed by atoms with Crippen LogP contribution in [0, 0.1) is 0 Å². The second kappa shape index (κ2) is 7.88. The molecule has 0 spiro atoms. The first-order chi connectivity index (χ1) is 12.2. The van der Waals surface area contributed by atoms with Crippen LogP contribution in [0.5, 0.6) is 5.75 Å². The van der Waals surface area contributed by atoms with Crippen molar-refractivity contribution in [2.24, 2.45) is 0 Å². The van der Waals surface area contributed by atoms with E-state index in [4.69, 9.17) is 4.74 Å². The molecule has 0 aromatic heterocycles. The van der Waals surface area contributed by atoms with Crippen molar-refractivity contribution in [1.29, 1.82) is 0 Å². The van der Waals surface area contributed by atoms with Crippen LogP contribution in [0.3, 0.4) is 0 Å². The number of carbonyl (C=O) groups is 2. The maximum atomic E-state index is 12.2. The molecule has 0 bridgehead atoms. The van der Waals surface area contributed by atoms with Gasteiger partial charge in [0.05, 0.1) is 5.56 Å². The fourth-order valence-corrected chi connectivity index (χ4v) is 2.31. The Bertz CT molecular complexity index is 897. The second-order valence-electron chi connectivity index (χ2n) is 5.36. The topological polar surface area (TPSA) is 43.4 Å². The minimum Gasteiger partial charge on any atom is -0.422 e. The first kappa shape index (κ1) is 16.4. The smallest absolute Gasteiger partial charge is 0.343 e. The van der Waals surface area contributed by atoms with Crippen LogP contribution < -0.4 is 4.74 Å². The third-order valence-corrected chi connectivity index (χ3v) is 3.60. The van der Waals surface area contributed by atoms with Crippen molar-refractivity contribution in [2.45, 2.75) is 0 Å². The number of hydrogen-bond acceptors (Lipinski definition) is 3. The van der Waals surface area contributed by atoms with Gasteiger partial charge in [-0.15, -0.1) is 0 Å². The summed E-state index contributed by atoms with van der Waals surface area (Å²) < 4.78 is 5.47. The number of ketones is 1. The molecule has 25 heavy (non-hydrogen) atoms. The lowest BCUT2D eigenvalue weighted by molar-refractivity contribution is 0.0734. The number of carbonyl (C=O) groups excluding carboxylic acids is 2. The summed E-state index contributed by atoms with van der Waals surface area (Å²) in [6, 6.07) is 24.9. The van der Waals surface area contributed by atoms with Gasteiger partial charge in [0.2, 0.25) is 0 Å². The molecular weight excluding hydrogens is 312 g/mol. The summed E-state index contributed by atoms with van der Waals surface area (Å²) in [7, 11) is 0. The number of allylic oxidation sites excluding steroid dienone is 1. The zero-order valence-electron chi connectivity index (χ0n) is 13.5. The number of hydrogen-bond donors (Lipinski definition) is 0. The van der Waals surface area contributed by atoms with Gasteiger partial charge in [-0.2, -0.15) is 0 Å². The Morgan fingerprint density at radius 3 is 1.92 bits per heavy atom. The number of ether oxygens (including phenoxy) is 1. The average Bonchev–Trinajstić information content (AvgIpc) is 2.68. The molecule has 0 aliphatic rings. The number of esters is 1. The Labute approximate surface area is 146 Å². The van der Waals surface area contributed by atoms with Crippen LogP contribution in [0.1, 0.15) is 26.3 Å². The molecular formula is C22H16O3. The highest BCUT2D eigenvalue weighted by Crippen LogP contribution is 2.21. The standard InChI is InChI=1S/C22H16O3/c23-20(17-9-3-1-4-10-17)16-15-18-11-7-8-14-21(18)25-22(24)19-12-5-2-6-13-19/h1-16H. The van der Waals surface area contributed by atoms with Gasteiger partial charge in [-0.3, -0.25) is 4.79 Å². The molecule has 3 heteroatoms. The van der Waals surface area contributed by atoms with Gasteiger partial charge in [0.25, 0.3) is 0 Å². The number of rotatable bonds is 5. The van der Waals surface area contributed by atoms with Crippen molar-refractivity contribution in [3.63, 3.8) is 0 Å². The predicted molar refractivity (Wildman–Crippen MR) is 97.6 cm³/mol. The summed E-state index contributed by atoms with van der Waals surface area (Å²) in [4.78, 5) is 24.4. The number of benzene rings is 3. The Morgan fingerprint density at radius 1 is 0.680 bits per heavy atom. The maximum Gasteiger partial charge on any atom is 0.343 e. The van der Waals surface area contributed by atoms with Crippen LogP contribution in [0.2, 0.25) is 0 Å². The Hall–Kier alpha value is -3.46. The molecule has 0 heterocycles. The van der Waals surface area contributed by atoms with E-state index in [1.54, 1.807) is 60.7 Å². The van der Waals surface area contributed by atoms with Gasteiger partial charge < -0.3 is 4.74 Å². The molecule has 0 aliphatic carbocycles. The molecule has 3 rings (SSSR count). The Balaban J connectivity index is 1.78. The largest absolute Gasteiger partial charge is 0.422 e. The quantitative estimate of drug-likeness (QED) is 0.292. The van der Waals surface area contributed by atoms with Crippen LogP contribution in [0.25, 0.3) is 6.08 Å². The van der Waals surface area contributed by atoms with Crippen LogP contribution >= 0.6 is 0 Å². The summed E-state index contributed by atoms with van der Waals surface area (Å²) in [5.41, 5.74) is 1.75. The van der Waals surface area contributed by atoms with Crippen LogP contribution in [0.15, 0.2) is 91.0 Å². The Kier molecular flexibility index (Phi) is 5.17. The third-order valence-electron chi connectivity index (χ3n) is 3.60. The first-order valence-corrected chi connectivity index (χ1v) is 7.88. The minimum absolute atomic E-state index is 0.107. The molecule has 0 radical (unpaired) electrons. The molecule has 0 N–H and O–H groups in total. The molecule has 0 fully saturated rings. The van der Waals surface area contributed by atoms with Gasteiger partial charge in [-0.1, -0.05) is 66.7 Å². The fraction of sp³-hybridized carbons (Fsp3) is 0. The molecule has 3 aromatic carbocycles. The van der Waals surface area contributed by atoms with Gasteiger partial charge in [0.15, 0.2) is 5.78 Å². The zero-order valence-corrected chi connectivity index (χ0v) is 13.5. The van der Waals surface area contributed by atoms with Crippen LogP contribution in [-0.2, 0) is 0 Å². The summed E-state index contributed by atoms with van der Waals surface area (Å²) in [6.07, 6.45) is 3.13. The van der Waals surface area contributed by atoms with E-state index in [1.807, 2.05) is 30.3 Å². The average molecular weight is 328 g/mol. The van der Waals surface area contributed by atoms with Crippen molar-refractivity contribution in [1.82, 2.24) is 0 Å². The molecule has 3 nitrogen and oxygen atoms in total. The normalized spacial score (nSPS) is 10.6. The fourth-order valence-electron chi connectivity index (χ4n) is 2.31. The second-order valence-corrected chi connectivity index (χ2v) is 5.36. The van der Waals surface area contributed by atoms with Crippen molar-refractivity contribution in [2.75, 3.05) is 0 Å². The van der Waals surface area contributed by atoms with E-state index in [-0.39, 0.29) is 5.78 Å². The SMILES string of the molecule is O=C(C=Cc1ccccc1OC(=O)c1ccccc1)c1ccccc1. The molecule has 0 aliphatic heterocycles. The molecule has 122 valence electrons. The van der Waals surface area contributed by atoms with Crippen molar-refractivity contribution < 1.29 is 14.3 Å². The van der Waals surface area contributed by atoms with Crippen molar-refractivity contribution >= 4 is 17.8 Å². The van der Waals surface area contributed by atoms with Gasteiger partial charge in [0.1, 0.15) is 5.75 Å².